The highest BCUT2D eigenvalue weighted by molar-refractivity contribution is 6.68. The van der Waals surface area contributed by atoms with Crippen LogP contribution in [0, 0.1) is 0 Å². The predicted molar refractivity (Wildman–Crippen MR) is 71.1 cm³/mol. The number of nitrogens with zero attached hydrogens (tertiary/aromatic N) is 1. The fourth-order valence-electron chi connectivity index (χ4n) is 1.95. The molecule has 0 unspecified atom stereocenters. The molecular weight excluding hydrogens is 257 g/mol. The van der Waals surface area contributed by atoms with Crippen LogP contribution in [0.3, 0.4) is 0 Å². The van der Waals surface area contributed by atoms with E-state index in [-0.39, 0.29) is 12.4 Å². The van der Waals surface area contributed by atoms with Crippen LogP contribution >= 0.6 is 24.0 Å². The minimum atomic E-state index is -0.402. The number of fused-ring (bicyclic) bond motifs is 1. The molecule has 0 bridgehead atoms. The lowest BCUT2D eigenvalue weighted by molar-refractivity contribution is 0.108. The van der Waals surface area contributed by atoms with Crippen LogP contribution in [0.25, 0.3) is 10.9 Å². The summed E-state index contributed by atoms with van der Waals surface area (Å²) in [6.07, 6.45) is 2.34. The molecule has 0 N–H and O–H groups in total. The van der Waals surface area contributed by atoms with Gasteiger partial charge in [-0.1, -0.05) is 18.2 Å². The molecule has 0 saturated heterocycles. The number of halogens is 2. The van der Waals surface area contributed by atoms with Crippen LogP contribution in [0.1, 0.15) is 34.8 Å². The Morgan fingerprint density at radius 3 is 2.65 bits per heavy atom. The van der Waals surface area contributed by atoms with Crippen LogP contribution in [0.4, 0.5) is 0 Å². The third kappa shape index (κ3) is 2.28. The van der Waals surface area contributed by atoms with Crippen LogP contribution in [0.2, 0.25) is 0 Å². The Labute approximate surface area is 110 Å². The summed E-state index contributed by atoms with van der Waals surface area (Å²) in [5.41, 5.74) is 2.44. The van der Waals surface area contributed by atoms with Crippen LogP contribution in [0.15, 0.2) is 30.3 Å². The van der Waals surface area contributed by atoms with E-state index in [0.717, 1.165) is 16.6 Å². The smallest absolute Gasteiger partial charge is 0.253 e. The van der Waals surface area contributed by atoms with Crippen molar-refractivity contribution in [3.05, 3.63) is 41.6 Å². The minimum Gasteiger partial charge on any atom is -0.276 e. The number of benzene rings is 1. The Balaban J connectivity index is 0.00000108. The monoisotopic (exact) mass is 267 g/mol. The lowest BCUT2D eigenvalue weighted by Gasteiger charge is -2.05. The number of pyridine rings is 1. The van der Waals surface area contributed by atoms with Gasteiger partial charge in [-0.05, 0) is 36.6 Å². The molecule has 17 heavy (non-hydrogen) atoms. The standard InChI is InChI=1S/C13H10ClNO.ClH/c14-13(16)10-7-12(8-5-6-8)15-11-4-2-1-3-9(10)11;/h1-4,7-8H,5-6H2;1H. The molecule has 1 aliphatic rings. The molecule has 88 valence electrons. The molecule has 2 nitrogen and oxygen atoms in total. The Hall–Kier alpha value is -1.12. The van der Waals surface area contributed by atoms with Gasteiger partial charge in [0.15, 0.2) is 0 Å². The van der Waals surface area contributed by atoms with E-state index >= 15 is 0 Å². The van der Waals surface area contributed by atoms with E-state index < -0.39 is 5.24 Å². The number of hydrogen-bond acceptors (Lipinski definition) is 2. The summed E-state index contributed by atoms with van der Waals surface area (Å²) < 4.78 is 0. The maximum atomic E-state index is 11.4. The third-order valence-electron chi connectivity index (χ3n) is 2.94. The summed E-state index contributed by atoms with van der Waals surface area (Å²) in [4.78, 5) is 16.0. The molecule has 1 saturated carbocycles. The van der Waals surface area contributed by atoms with Gasteiger partial charge in [0.05, 0.1) is 5.52 Å². The number of aromatic nitrogens is 1. The topological polar surface area (TPSA) is 30.0 Å². The van der Waals surface area contributed by atoms with Crippen molar-refractivity contribution in [2.24, 2.45) is 0 Å². The molecule has 0 amide bonds. The maximum Gasteiger partial charge on any atom is 0.253 e. The van der Waals surface area contributed by atoms with Crippen LogP contribution in [-0.2, 0) is 0 Å². The molecule has 1 aromatic heterocycles. The van der Waals surface area contributed by atoms with Crippen LogP contribution in [0.5, 0.6) is 0 Å². The first-order valence-corrected chi connectivity index (χ1v) is 5.73. The Morgan fingerprint density at radius 1 is 1.29 bits per heavy atom. The lowest BCUT2D eigenvalue weighted by atomic mass is 10.1. The second kappa shape index (κ2) is 4.63. The van der Waals surface area contributed by atoms with Gasteiger partial charge in [0, 0.05) is 22.6 Å². The second-order valence-corrected chi connectivity index (χ2v) is 4.50. The van der Waals surface area contributed by atoms with E-state index in [2.05, 4.69) is 4.98 Å². The molecule has 3 rings (SSSR count). The zero-order chi connectivity index (χ0) is 11.1. The predicted octanol–water partition coefficient (Wildman–Crippen LogP) is 3.91. The maximum absolute atomic E-state index is 11.4. The number of carbonyl (C=O) groups excluding carboxylic acids is 1. The molecule has 1 fully saturated rings. The zero-order valence-electron chi connectivity index (χ0n) is 9.02. The average molecular weight is 268 g/mol. The summed E-state index contributed by atoms with van der Waals surface area (Å²) in [7, 11) is 0. The zero-order valence-corrected chi connectivity index (χ0v) is 10.6. The summed E-state index contributed by atoms with van der Waals surface area (Å²) in [5.74, 6) is 0.527. The van der Waals surface area contributed by atoms with Crippen molar-refractivity contribution in [2.45, 2.75) is 18.8 Å². The Kier molecular flexibility index (Phi) is 3.36. The molecule has 1 aliphatic carbocycles. The first kappa shape index (κ1) is 12.3. The fraction of sp³-hybridized carbons (Fsp3) is 0.231. The van der Waals surface area contributed by atoms with Gasteiger partial charge >= 0.3 is 0 Å². The van der Waals surface area contributed by atoms with Crippen molar-refractivity contribution in [2.75, 3.05) is 0 Å². The van der Waals surface area contributed by atoms with Gasteiger partial charge in [0.2, 0.25) is 0 Å². The Bertz CT molecular complexity index is 579. The van der Waals surface area contributed by atoms with Gasteiger partial charge in [-0.15, -0.1) is 12.4 Å². The van der Waals surface area contributed by atoms with Gasteiger partial charge in [-0.2, -0.15) is 0 Å². The quantitative estimate of drug-likeness (QED) is 0.773. The van der Waals surface area contributed by atoms with Crippen molar-refractivity contribution in [3.63, 3.8) is 0 Å². The van der Waals surface area contributed by atoms with E-state index in [1.54, 1.807) is 0 Å². The molecule has 4 heteroatoms. The number of para-hydroxylation sites is 1. The summed E-state index contributed by atoms with van der Waals surface area (Å²) in [6.45, 7) is 0. The van der Waals surface area contributed by atoms with Crippen LogP contribution < -0.4 is 0 Å². The summed E-state index contributed by atoms with van der Waals surface area (Å²) >= 11 is 5.61. The normalized spacial score (nSPS) is 14.4. The molecule has 0 spiro atoms. The third-order valence-corrected chi connectivity index (χ3v) is 3.15. The minimum absolute atomic E-state index is 0. The van der Waals surface area contributed by atoms with Gasteiger partial charge < -0.3 is 0 Å². The van der Waals surface area contributed by atoms with E-state index in [1.807, 2.05) is 30.3 Å². The Morgan fingerprint density at radius 2 is 2.00 bits per heavy atom. The van der Waals surface area contributed by atoms with Gasteiger partial charge in [0.25, 0.3) is 5.24 Å². The molecule has 0 aliphatic heterocycles. The van der Waals surface area contributed by atoms with Crippen molar-refractivity contribution in [1.29, 1.82) is 0 Å². The van der Waals surface area contributed by atoms with Crippen molar-refractivity contribution >= 4 is 40.2 Å². The SMILES string of the molecule is Cl.O=C(Cl)c1cc(C2CC2)nc2ccccc12. The summed E-state index contributed by atoms with van der Waals surface area (Å²) in [5, 5.41) is 0.437. The highest BCUT2D eigenvalue weighted by atomic mass is 35.5. The summed E-state index contributed by atoms with van der Waals surface area (Å²) in [6, 6.07) is 9.47. The van der Waals surface area contributed by atoms with Crippen molar-refractivity contribution < 1.29 is 4.79 Å². The molecule has 1 heterocycles. The molecular formula is C13H11Cl2NO. The van der Waals surface area contributed by atoms with E-state index in [1.165, 1.54) is 12.8 Å². The molecule has 1 aromatic carbocycles. The lowest BCUT2D eigenvalue weighted by Crippen LogP contribution is -1.97. The number of rotatable bonds is 2. The van der Waals surface area contributed by atoms with E-state index in [9.17, 15) is 4.79 Å². The van der Waals surface area contributed by atoms with Gasteiger partial charge in [-0.3, -0.25) is 9.78 Å². The second-order valence-electron chi connectivity index (χ2n) is 4.16. The molecule has 2 aromatic rings. The van der Waals surface area contributed by atoms with Crippen molar-refractivity contribution in [1.82, 2.24) is 4.98 Å². The molecule has 0 radical (unpaired) electrons. The van der Waals surface area contributed by atoms with Gasteiger partial charge in [0.1, 0.15) is 0 Å². The molecule has 0 atom stereocenters. The largest absolute Gasteiger partial charge is 0.276 e. The average Bonchev–Trinajstić information content (AvgIpc) is 3.11. The van der Waals surface area contributed by atoms with Gasteiger partial charge in [-0.25, -0.2) is 0 Å². The van der Waals surface area contributed by atoms with E-state index in [4.69, 9.17) is 11.6 Å². The first-order valence-electron chi connectivity index (χ1n) is 5.35. The number of carbonyl (C=O) groups is 1. The van der Waals surface area contributed by atoms with Crippen molar-refractivity contribution in [3.8, 4) is 0 Å². The number of hydrogen-bond donors (Lipinski definition) is 0. The van der Waals surface area contributed by atoms with Crippen LogP contribution in [-0.4, -0.2) is 10.2 Å². The fourth-order valence-corrected chi connectivity index (χ4v) is 2.10. The first-order chi connectivity index (χ1) is 7.75. The highest BCUT2D eigenvalue weighted by Gasteiger charge is 2.26. The van der Waals surface area contributed by atoms with E-state index in [0.29, 0.717) is 11.5 Å². The highest BCUT2D eigenvalue weighted by Crippen LogP contribution is 2.40.